The van der Waals surface area contributed by atoms with E-state index < -0.39 is 5.60 Å². The van der Waals surface area contributed by atoms with E-state index in [1.807, 2.05) is 27.8 Å². The lowest BCUT2D eigenvalue weighted by Crippen LogP contribution is -2.40. The Morgan fingerprint density at radius 1 is 1.44 bits per heavy atom. The van der Waals surface area contributed by atoms with E-state index in [9.17, 15) is 4.79 Å². The van der Waals surface area contributed by atoms with Crippen LogP contribution in [0.1, 0.15) is 38.1 Å². The highest BCUT2D eigenvalue weighted by atomic mass is 79.9. The summed E-state index contributed by atoms with van der Waals surface area (Å²) >= 11 is 3.49. The number of ether oxygens (including phenoxy) is 1. The van der Waals surface area contributed by atoms with Gasteiger partial charge in [-0.05, 0) is 35.7 Å². The van der Waals surface area contributed by atoms with Crippen LogP contribution in [-0.2, 0) is 23.0 Å². The number of hydrogen-bond donors (Lipinski definition) is 0. The first-order chi connectivity index (χ1) is 8.41. The van der Waals surface area contributed by atoms with Crippen molar-refractivity contribution < 1.29 is 9.53 Å². The van der Waals surface area contributed by atoms with E-state index in [0.717, 1.165) is 15.9 Å². The molecule has 18 heavy (non-hydrogen) atoms. The molecule has 102 valence electrons. The fourth-order valence-electron chi connectivity index (χ4n) is 2.23. The predicted molar refractivity (Wildman–Crippen MR) is 74.7 cm³/mol. The average Bonchev–Trinajstić information content (AvgIpc) is 2.59. The van der Waals surface area contributed by atoms with Crippen molar-refractivity contribution in [2.75, 3.05) is 7.11 Å². The van der Waals surface area contributed by atoms with Gasteiger partial charge in [-0.3, -0.25) is 9.48 Å². The Bertz CT molecular complexity index is 428. The number of carbonyl (C=O) groups excluding carboxylic acids is 1. The average molecular weight is 317 g/mol. The lowest BCUT2D eigenvalue weighted by molar-refractivity contribution is -0.141. The number of rotatable bonds is 6. The number of hydrogen-bond acceptors (Lipinski definition) is 3. The summed E-state index contributed by atoms with van der Waals surface area (Å²) < 4.78 is 8.13. The van der Waals surface area contributed by atoms with E-state index in [2.05, 4.69) is 21.0 Å². The maximum Gasteiger partial charge on any atom is 0.170 e. The molecule has 0 radical (unpaired) electrons. The van der Waals surface area contributed by atoms with Crippen molar-refractivity contribution in [2.45, 2.75) is 45.6 Å². The Balaban J connectivity index is 3.00. The third-order valence-electron chi connectivity index (χ3n) is 3.63. The fraction of sp³-hybridized carbons (Fsp3) is 0.692. The highest BCUT2D eigenvalue weighted by molar-refractivity contribution is 9.10. The first kappa shape index (κ1) is 15.4. The van der Waals surface area contributed by atoms with Gasteiger partial charge in [-0.25, -0.2) is 0 Å². The maximum absolute atomic E-state index is 12.5. The largest absolute Gasteiger partial charge is 0.370 e. The highest BCUT2D eigenvalue weighted by Crippen LogP contribution is 2.26. The molecule has 0 aromatic carbocycles. The molecule has 0 unspecified atom stereocenters. The van der Waals surface area contributed by atoms with Crippen LogP contribution in [0.5, 0.6) is 0 Å². The van der Waals surface area contributed by atoms with Crippen molar-refractivity contribution >= 4 is 21.7 Å². The summed E-state index contributed by atoms with van der Waals surface area (Å²) in [5.74, 6) is 0.110. The number of halogens is 1. The van der Waals surface area contributed by atoms with Crippen molar-refractivity contribution in [3.8, 4) is 0 Å². The van der Waals surface area contributed by atoms with Gasteiger partial charge in [0.05, 0.1) is 22.3 Å². The van der Waals surface area contributed by atoms with Crippen LogP contribution in [0, 0.1) is 6.92 Å². The molecule has 0 aliphatic heterocycles. The summed E-state index contributed by atoms with van der Waals surface area (Å²) in [5.41, 5.74) is 1.13. The summed E-state index contributed by atoms with van der Waals surface area (Å²) in [6.45, 7) is 5.88. The van der Waals surface area contributed by atoms with Crippen LogP contribution in [0.4, 0.5) is 0 Å². The quantitative estimate of drug-likeness (QED) is 0.810. The highest BCUT2D eigenvalue weighted by Gasteiger charge is 2.35. The molecular weight excluding hydrogens is 296 g/mol. The number of methoxy groups -OCH3 is 1. The lowest BCUT2D eigenvalue weighted by atomic mass is 9.89. The molecule has 1 aromatic heterocycles. The molecule has 4 nitrogen and oxygen atoms in total. The molecule has 0 aliphatic rings. The Hall–Kier alpha value is -0.680. The summed E-state index contributed by atoms with van der Waals surface area (Å²) in [6, 6.07) is 0. The van der Waals surface area contributed by atoms with E-state index >= 15 is 0 Å². The molecule has 1 rings (SSSR count). The Morgan fingerprint density at radius 3 is 2.33 bits per heavy atom. The first-order valence-corrected chi connectivity index (χ1v) is 6.97. The van der Waals surface area contributed by atoms with Gasteiger partial charge in [-0.15, -0.1) is 0 Å². The number of ketones is 1. The number of Topliss-reactive ketones (excluding diaryl/α,β-unsaturated/α-hetero) is 1. The minimum Gasteiger partial charge on any atom is -0.370 e. The zero-order valence-electron chi connectivity index (χ0n) is 11.7. The molecule has 0 atom stereocenters. The SMILES string of the molecule is CCC(CC)(OC)C(=O)Cc1c(Br)c(C)nn1C. The number of aryl methyl sites for hydroxylation is 2. The molecular formula is C13H21BrN2O2. The van der Waals surface area contributed by atoms with Crippen LogP contribution < -0.4 is 0 Å². The Morgan fingerprint density at radius 2 is 2.00 bits per heavy atom. The van der Waals surface area contributed by atoms with Crippen LogP contribution in [0.15, 0.2) is 4.47 Å². The van der Waals surface area contributed by atoms with Crippen LogP contribution in [0.2, 0.25) is 0 Å². The van der Waals surface area contributed by atoms with Crippen LogP contribution in [-0.4, -0.2) is 28.3 Å². The second kappa shape index (κ2) is 5.97. The minimum absolute atomic E-state index is 0.110. The summed E-state index contributed by atoms with van der Waals surface area (Å²) in [4.78, 5) is 12.5. The summed E-state index contributed by atoms with van der Waals surface area (Å²) in [6.07, 6.45) is 1.72. The second-order valence-corrected chi connectivity index (χ2v) is 5.27. The van der Waals surface area contributed by atoms with Gasteiger partial charge in [0.2, 0.25) is 0 Å². The Kier molecular flexibility index (Phi) is 5.10. The Labute approximate surface area is 117 Å². The van der Waals surface area contributed by atoms with Crippen molar-refractivity contribution in [1.29, 1.82) is 0 Å². The molecule has 0 fully saturated rings. The maximum atomic E-state index is 12.5. The predicted octanol–water partition coefficient (Wildman–Crippen LogP) is 2.81. The molecule has 0 saturated carbocycles. The normalized spacial score (nSPS) is 11.9. The molecule has 1 aromatic rings. The van der Waals surface area contributed by atoms with Gasteiger partial charge in [0.25, 0.3) is 0 Å². The standard InChI is InChI=1S/C13H21BrN2O2/c1-6-13(7-2,18-5)11(17)8-10-12(14)9(3)15-16(10)4/h6-8H2,1-5H3. The molecule has 5 heteroatoms. The number of nitrogens with zero attached hydrogens (tertiary/aromatic N) is 2. The summed E-state index contributed by atoms with van der Waals surface area (Å²) in [5, 5.41) is 4.30. The van der Waals surface area contributed by atoms with Crippen molar-refractivity contribution in [3.63, 3.8) is 0 Å². The van der Waals surface area contributed by atoms with Gasteiger partial charge in [0.15, 0.2) is 5.78 Å². The van der Waals surface area contributed by atoms with E-state index in [4.69, 9.17) is 4.74 Å². The first-order valence-electron chi connectivity index (χ1n) is 6.18. The van der Waals surface area contributed by atoms with E-state index in [1.54, 1.807) is 11.8 Å². The molecule has 0 amide bonds. The fourth-order valence-corrected chi connectivity index (χ4v) is 2.71. The smallest absolute Gasteiger partial charge is 0.170 e. The van der Waals surface area contributed by atoms with Gasteiger partial charge in [-0.2, -0.15) is 5.10 Å². The lowest BCUT2D eigenvalue weighted by Gasteiger charge is -2.28. The molecule has 0 N–H and O–H groups in total. The second-order valence-electron chi connectivity index (χ2n) is 4.48. The number of carbonyl (C=O) groups is 1. The molecule has 1 heterocycles. The van der Waals surface area contributed by atoms with Crippen LogP contribution in [0.25, 0.3) is 0 Å². The molecule has 0 bridgehead atoms. The van der Waals surface area contributed by atoms with Crippen molar-refractivity contribution in [2.24, 2.45) is 7.05 Å². The third kappa shape index (κ3) is 2.67. The van der Waals surface area contributed by atoms with E-state index in [-0.39, 0.29) is 5.78 Å². The minimum atomic E-state index is -0.669. The zero-order valence-corrected chi connectivity index (χ0v) is 13.3. The van der Waals surface area contributed by atoms with Crippen LogP contribution >= 0.6 is 15.9 Å². The van der Waals surface area contributed by atoms with Crippen molar-refractivity contribution in [3.05, 3.63) is 15.9 Å². The monoisotopic (exact) mass is 316 g/mol. The van der Waals surface area contributed by atoms with E-state index in [0.29, 0.717) is 19.3 Å². The van der Waals surface area contributed by atoms with Gasteiger partial charge in [0, 0.05) is 14.2 Å². The topological polar surface area (TPSA) is 44.1 Å². The number of aromatic nitrogens is 2. The molecule has 0 saturated heterocycles. The van der Waals surface area contributed by atoms with Crippen molar-refractivity contribution in [1.82, 2.24) is 9.78 Å². The summed E-state index contributed by atoms with van der Waals surface area (Å²) in [7, 11) is 3.46. The van der Waals surface area contributed by atoms with Crippen LogP contribution in [0.3, 0.4) is 0 Å². The third-order valence-corrected chi connectivity index (χ3v) is 4.66. The van der Waals surface area contributed by atoms with Gasteiger partial charge < -0.3 is 4.74 Å². The van der Waals surface area contributed by atoms with E-state index in [1.165, 1.54) is 0 Å². The van der Waals surface area contributed by atoms with Gasteiger partial charge in [-0.1, -0.05) is 13.8 Å². The zero-order chi connectivity index (χ0) is 13.9. The van der Waals surface area contributed by atoms with Gasteiger partial charge in [0.1, 0.15) is 5.60 Å². The van der Waals surface area contributed by atoms with Gasteiger partial charge >= 0.3 is 0 Å². The molecule has 0 aliphatic carbocycles. The molecule has 0 spiro atoms.